The van der Waals surface area contributed by atoms with Crippen LogP contribution in [0.25, 0.3) is 17.0 Å². The van der Waals surface area contributed by atoms with Crippen LogP contribution in [0.15, 0.2) is 54.7 Å². The Labute approximate surface area is 142 Å². The summed E-state index contributed by atoms with van der Waals surface area (Å²) in [6.45, 7) is -2.99. The predicted octanol–water partition coefficient (Wildman–Crippen LogP) is 4.67. The average molecular weight is 343 g/mol. The number of benzene rings is 2. The molecule has 1 aromatic heterocycles. The highest BCUT2D eigenvalue weighted by atomic mass is 19.3. The molecule has 128 valence electrons. The number of halogens is 2. The van der Waals surface area contributed by atoms with Gasteiger partial charge in [0.25, 0.3) is 0 Å². The molecule has 3 rings (SSSR count). The maximum Gasteiger partial charge on any atom is 0.387 e. The minimum absolute atomic E-state index is 0.108. The zero-order valence-corrected chi connectivity index (χ0v) is 13.3. The Morgan fingerprint density at radius 2 is 1.96 bits per heavy atom. The summed E-state index contributed by atoms with van der Waals surface area (Å²) in [6.07, 6.45) is 4.38. The lowest BCUT2D eigenvalue weighted by molar-refractivity contribution is -0.0513. The van der Waals surface area contributed by atoms with Crippen LogP contribution in [-0.2, 0) is 0 Å². The fraction of sp³-hybridized carbons (Fsp3) is 0.105. The number of hydrogen-bond acceptors (Lipinski definition) is 3. The second-order valence-electron chi connectivity index (χ2n) is 5.20. The first-order chi connectivity index (χ1) is 12.1. The fourth-order valence-electron chi connectivity index (χ4n) is 2.57. The van der Waals surface area contributed by atoms with Gasteiger partial charge in [0.15, 0.2) is 17.3 Å². The first kappa shape index (κ1) is 16.7. The van der Waals surface area contributed by atoms with Crippen molar-refractivity contribution in [2.75, 3.05) is 7.11 Å². The van der Waals surface area contributed by atoms with E-state index < -0.39 is 6.61 Å². The number of rotatable bonds is 6. The number of H-pyrrole nitrogens is 1. The van der Waals surface area contributed by atoms with Crippen molar-refractivity contribution in [1.29, 1.82) is 0 Å². The standard InChI is InChI=1S/C19H15F2NO3/c1-24-17-8-4-5-12(18(17)25-19(20)21)9-10-16(23)14-11-22-15-7-3-2-6-13(14)15/h2-11,19,22H,1H3/b10-9+. The van der Waals surface area contributed by atoms with E-state index in [-0.39, 0.29) is 17.3 Å². The second-order valence-corrected chi connectivity index (χ2v) is 5.20. The Morgan fingerprint density at radius 3 is 2.72 bits per heavy atom. The van der Waals surface area contributed by atoms with E-state index >= 15 is 0 Å². The normalized spacial score (nSPS) is 11.4. The fourth-order valence-corrected chi connectivity index (χ4v) is 2.57. The number of carbonyl (C=O) groups is 1. The van der Waals surface area contributed by atoms with Crippen LogP contribution in [-0.4, -0.2) is 24.5 Å². The number of methoxy groups -OCH3 is 1. The molecule has 0 aliphatic heterocycles. The van der Waals surface area contributed by atoms with Crippen molar-refractivity contribution >= 4 is 22.8 Å². The second kappa shape index (κ2) is 7.17. The molecule has 0 radical (unpaired) electrons. The Kier molecular flexibility index (Phi) is 4.79. The molecule has 0 aliphatic carbocycles. The number of nitrogens with one attached hydrogen (secondary N) is 1. The Morgan fingerprint density at radius 1 is 1.16 bits per heavy atom. The van der Waals surface area contributed by atoms with Gasteiger partial charge in [0.2, 0.25) is 0 Å². The number of aromatic nitrogens is 1. The maximum atomic E-state index is 12.6. The van der Waals surface area contributed by atoms with Crippen molar-refractivity contribution < 1.29 is 23.0 Å². The number of allylic oxidation sites excluding steroid dienone is 1. The number of aromatic amines is 1. The van der Waals surface area contributed by atoms with E-state index in [9.17, 15) is 13.6 Å². The van der Waals surface area contributed by atoms with Gasteiger partial charge in [-0.25, -0.2) is 0 Å². The van der Waals surface area contributed by atoms with Crippen molar-refractivity contribution in [2.45, 2.75) is 6.61 Å². The van der Waals surface area contributed by atoms with Crippen LogP contribution in [0.1, 0.15) is 15.9 Å². The number of hydrogen-bond donors (Lipinski definition) is 1. The Balaban J connectivity index is 1.92. The van der Waals surface area contributed by atoms with Crippen molar-refractivity contribution in [2.24, 2.45) is 0 Å². The molecule has 3 aromatic rings. The summed E-state index contributed by atoms with van der Waals surface area (Å²) in [7, 11) is 1.36. The molecule has 0 spiro atoms. The number of ketones is 1. The van der Waals surface area contributed by atoms with Crippen molar-refractivity contribution in [1.82, 2.24) is 4.98 Å². The monoisotopic (exact) mass is 343 g/mol. The Hall–Kier alpha value is -3.15. The molecular formula is C19H15F2NO3. The van der Waals surface area contributed by atoms with Crippen LogP contribution in [0.5, 0.6) is 11.5 Å². The molecule has 0 saturated heterocycles. The molecule has 2 aromatic carbocycles. The summed E-state index contributed by atoms with van der Waals surface area (Å²) in [5.41, 5.74) is 1.68. The lowest BCUT2D eigenvalue weighted by Crippen LogP contribution is -2.05. The van der Waals surface area contributed by atoms with Gasteiger partial charge >= 0.3 is 6.61 Å². The number of ether oxygens (including phenoxy) is 2. The van der Waals surface area contributed by atoms with E-state index in [0.717, 1.165) is 10.9 Å². The van der Waals surface area contributed by atoms with Crippen LogP contribution in [0.3, 0.4) is 0 Å². The van der Waals surface area contributed by atoms with Gasteiger partial charge < -0.3 is 14.5 Å². The largest absolute Gasteiger partial charge is 0.493 e. The summed E-state index contributed by atoms with van der Waals surface area (Å²) in [4.78, 5) is 15.5. The van der Waals surface area contributed by atoms with Gasteiger partial charge in [-0.2, -0.15) is 8.78 Å². The zero-order chi connectivity index (χ0) is 17.8. The topological polar surface area (TPSA) is 51.3 Å². The quantitative estimate of drug-likeness (QED) is 0.522. The van der Waals surface area contributed by atoms with Crippen molar-refractivity contribution in [3.63, 3.8) is 0 Å². The predicted molar refractivity (Wildman–Crippen MR) is 91.3 cm³/mol. The molecular weight excluding hydrogens is 328 g/mol. The number of carbonyl (C=O) groups excluding carboxylic acids is 1. The number of alkyl halides is 2. The third-order valence-corrected chi connectivity index (χ3v) is 3.71. The highest BCUT2D eigenvalue weighted by Crippen LogP contribution is 2.33. The highest BCUT2D eigenvalue weighted by Gasteiger charge is 2.14. The van der Waals surface area contributed by atoms with Crippen LogP contribution in [0.2, 0.25) is 0 Å². The molecule has 4 nitrogen and oxygen atoms in total. The van der Waals surface area contributed by atoms with Gasteiger partial charge in [-0.15, -0.1) is 0 Å². The molecule has 1 heterocycles. The molecule has 0 atom stereocenters. The third kappa shape index (κ3) is 3.52. The van der Waals surface area contributed by atoms with Crippen LogP contribution in [0, 0.1) is 0 Å². The molecule has 0 fully saturated rings. The van der Waals surface area contributed by atoms with E-state index in [1.165, 1.54) is 25.3 Å². The van der Waals surface area contributed by atoms with Gasteiger partial charge in [-0.3, -0.25) is 4.79 Å². The van der Waals surface area contributed by atoms with Crippen molar-refractivity contribution in [3.05, 3.63) is 65.9 Å². The number of fused-ring (bicyclic) bond motifs is 1. The molecule has 0 amide bonds. The average Bonchev–Trinajstić information content (AvgIpc) is 3.04. The van der Waals surface area contributed by atoms with Gasteiger partial charge in [0.1, 0.15) is 0 Å². The lowest BCUT2D eigenvalue weighted by atomic mass is 10.1. The first-order valence-corrected chi connectivity index (χ1v) is 7.50. The summed E-state index contributed by atoms with van der Waals surface area (Å²) in [5.74, 6) is -0.187. The van der Waals surface area contributed by atoms with Crippen LogP contribution < -0.4 is 9.47 Å². The molecule has 25 heavy (non-hydrogen) atoms. The van der Waals surface area contributed by atoms with E-state index in [2.05, 4.69) is 9.72 Å². The molecule has 1 N–H and O–H groups in total. The molecule has 6 heteroatoms. The first-order valence-electron chi connectivity index (χ1n) is 7.50. The van der Waals surface area contributed by atoms with Gasteiger partial charge in [0, 0.05) is 28.2 Å². The maximum absolute atomic E-state index is 12.6. The minimum atomic E-state index is -2.99. The third-order valence-electron chi connectivity index (χ3n) is 3.71. The summed E-state index contributed by atoms with van der Waals surface area (Å²) in [6, 6.07) is 12.1. The number of para-hydroxylation sites is 2. The smallest absolute Gasteiger partial charge is 0.387 e. The summed E-state index contributed by atoms with van der Waals surface area (Å²) >= 11 is 0. The SMILES string of the molecule is COc1cccc(/C=C/C(=O)c2c[nH]c3ccccc23)c1OC(F)F. The van der Waals surface area contributed by atoms with E-state index in [1.807, 2.05) is 24.3 Å². The minimum Gasteiger partial charge on any atom is -0.493 e. The lowest BCUT2D eigenvalue weighted by Gasteiger charge is -2.12. The van der Waals surface area contributed by atoms with Crippen LogP contribution in [0.4, 0.5) is 8.78 Å². The highest BCUT2D eigenvalue weighted by molar-refractivity contribution is 6.14. The van der Waals surface area contributed by atoms with Gasteiger partial charge in [0.05, 0.1) is 7.11 Å². The van der Waals surface area contributed by atoms with E-state index in [0.29, 0.717) is 11.1 Å². The molecule has 0 bridgehead atoms. The van der Waals surface area contributed by atoms with E-state index in [1.54, 1.807) is 18.3 Å². The van der Waals surface area contributed by atoms with Crippen LogP contribution >= 0.6 is 0 Å². The summed E-state index contributed by atoms with van der Waals surface area (Å²) in [5, 5.41) is 0.798. The molecule has 0 unspecified atom stereocenters. The summed E-state index contributed by atoms with van der Waals surface area (Å²) < 4.78 is 34.9. The molecule has 0 aliphatic rings. The van der Waals surface area contributed by atoms with E-state index in [4.69, 9.17) is 4.74 Å². The Bertz CT molecular complexity index is 931. The van der Waals surface area contributed by atoms with Crippen molar-refractivity contribution in [3.8, 4) is 11.5 Å². The van der Waals surface area contributed by atoms with Gasteiger partial charge in [-0.1, -0.05) is 30.3 Å². The van der Waals surface area contributed by atoms with Gasteiger partial charge in [-0.05, 0) is 24.3 Å². The zero-order valence-electron chi connectivity index (χ0n) is 13.3. The molecule has 0 saturated carbocycles.